The summed E-state index contributed by atoms with van der Waals surface area (Å²) >= 11 is 11.7. The molecular formula is C11H7Cl2FN2. The van der Waals surface area contributed by atoms with Crippen LogP contribution in [0.15, 0.2) is 24.3 Å². The number of aromatic nitrogens is 2. The molecule has 0 fully saturated rings. The molecule has 1 aromatic heterocycles. The number of rotatable bonds is 1. The third-order valence-corrected chi connectivity index (χ3v) is 2.52. The largest absolute Gasteiger partial charge is 0.233 e. The van der Waals surface area contributed by atoms with E-state index in [0.29, 0.717) is 5.69 Å². The van der Waals surface area contributed by atoms with Crippen LogP contribution >= 0.6 is 23.2 Å². The molecule has 0 unspecified atom stereocenters. The lowest BCUT2D eigenvalue weighted by atomic mass is 10.2. The summed E-state index contributed by atoms with van der Waals surface area (Å²) in [7, 11) is 0. The lowest BCUT2D eigenvalue weighted by Crippen LogP contribution is -1.95. The van der Waals surface area contributed by atoms with Gasteiger partial charge in [0.05, 0.1) is 10.6 Å². The average Bonchev–Trinajstić information content (AvgIpc) is 2.15. The van der Waals surface area contributed by atoms with Gasteiger partial charge in [-0.2, -0.15) is 0 Å². The monoisotopic (exact) mass is 256 g/mol. The van der Waals surface area contributed by atoms with Crippen molar-refractivity contribution in [2.75, 3.05) is 0 Å². The minimum atomic E-state index is -0.464. The highest BCUT2D eigenvalue weighted by atomic mass is 35.5. The lowest BCUT2D eigenvalue weighted by Gasteiger charge is -2.05. The predicted molar refractivity (Wildman–Crippen MR) is 62.2 cm³/mol. The van der Waals surface area contributed by atoms with Crippen LogP contribution in [-0.4, -0.2) is 9.97 Å². The van der Waals surface area contributed by atoms with Crippen LogP contribution in [0.2, 0.25) is 10.2 Å². The second kappa shape index (κ2) is 4.36. The van der Waals surface area contributed by atoms with Gasteiger partial charge in [-0.15, -0.1) is 0 Å². The van der Waals surface area contributed by atoms with Crippen molar-refractivity contribution in [1.82, 2.24) is 9.97 Å². The molecule has 0 atom stereocenters. The summed E-state index contributed by atoms with van der Waals surface area (Å²) in [5, 5.41) is 0.531. The summed E-state index contributed by atoms with van der Waals surface area (Å²) < 4.78 is 13.6. The molecule has 0 amide bonds. The smallest absolute Gasteiger partial charge is 0.165 e. The molecule has 2 aromatic rings. The van der Waals surface area contributed by atoms with Crippen molar-refractivity contribution in [3.8, 4) is 11.4 Å². The molecule has 0 radical (unpaired) electrons. The Morgan fingerprint density at radius 2 is 1.94 bits per heavy atom. The van der Waals surface area contributed by atoms with Crippen molar-refractivity contribution < 1.29 is 4.39 Å². The van der Waals surface area contributed by atoms with Gasteiger partial charge in [0.25, 0.3) is 0 Å². The summed E-state index contributed by atoms with van der Waals surface area (Å²) in [5.74, 6) is -0.262. The van der Waals surface area contributed by atoms with Crippen LogP contribution in [0.5, 0.6) is 0 Å². The SMILES string of the molecule is Cc1cc(Cl)nc(-c2c(F)cccc2Cl)n1. The highest BCUT2D eigenvalue weighted by Gasteiger charge is 2.13. The molecule has 1 aromatic carbocycles. The van der Waals surface area contributed by atoms with E-state index in [1.54, 1.807) is 19.1 Å². The Kier molecular flexibility index (Phi) is 3.08. The Morgan fingerprint density at radius 1 is 1.19 bits per heavy atom. The van der Waals surface area contributed by atoms with Crippen LogP contribution in [-0.2, 0) is 0 Å². The van der Waals surface area contributed by atoms with Crippen LogP contribution in [0.3, 0.4) is 0 Å². The van der Waals surface area contributed by atoms with E-state index >= 15 is 0 Å². The highest BCUT2D eigenvalue weighted by Crippen LogP contribution is 2.28. The molecule has 16 heavy (non-hydrogen) atoms. The normalized spacial score (nSPS) is 10.5. The Labute approximate surface area is 102 Å². The fraction of sp³-hybridized carbons (Fsp3) is 0.0909. The van der Waals surface area contributed by atoms with Gasteiger partial charge in [0.1, 0.15) is 11.0 Å². The first-order chi connectivity index (χ1) is 7.58. The number of nitrogens with zero attached hydrogens (tertiary/aromatic N) is 2. The molecule has 0 N–H and O–H groups in total. The summed E-state index contributed by atoms with van der Waals surface area (Å²) in [5.41, 5.74) is 0.837. The van der Waals surface area contributed by atoms with Crippen LogP contribution in [0.25, 0.3) is 11.4 Å². The van der Waals surface area contributed by atoms with Gasteiger partial charge in [-0.3, -0.25) is 0 Å². The summed E-state index contributed by atoms with van der Waals surface area (Å²) in [6.45, 7) is 1.76. The standard InChI is InChI=1S/C11H7Cl2FN2/c1-6-5-9(13)16-11(15-6)10-7(12)3-2-4-8(10)14/h2-5H,1H3. The van der Waals surface area contributed by atoms with E-state index < -0.39 is 5.82 Å². The first kappa shape index (κ1) is 11.3. The van der Waals surface area contributed by atoms with Gasteiger partial charge < -0.3 is 0 Å². The quantitative estimate of drug-likeness (QED) is 0.724. The van der Waals surface area contributed by atoms with E-state index in [1.165, 1.54) is 12.1 Å². The minimum Gasteiger partial charge on any atom is -0.233 e. The molecule has 2 nitrogen and oxygen atoms in total. The van der Waals surface area contributed by atoms with Crippen LogP contribution in [0, 0.1) is 12.7 Å². The number of halogens is 3. The number of benzene rings is 1. The molecule has 0 bridgehead atoms. The molecule has 0 aliphatic heterocycles. The van der Waals surface area contributed by atoms with Gasteiger partial charge in [0.2, 0.25) is 0 Å². The van der Waals surface area contributed by atoms with Crippen LogP contribution < -0.4 is 0 Å². The average molecular weight is 257 g/mol. The molecule has 0 aliphatic carbocycles. The zero-order valence-corrected chi connectivity index (χ0v) is 9.85. The minimum absolute atomic E-state index is 0.176. The number of hydrogen-bond donors (Lipinski definition) is 0. The zero-order valence-electron chi connectivity index (χ0n) is 8.34. The Bertz CT molecular complexity index is 503. The van der Waals surface area contributed by atoms with E-state index in [2.05, 4.69) is 9.97 Å². The third kappa shape index (κ3) is 2.15. The summed E-state index contributed by atoms with van der Waals surface area (Å²) in [4.78, 5) is 8.06. The van der Waals surface area contributed by atoms with Gasteiger partial charge in [-0.25, -0.2) is 14.4 Å². The van der Waals surface area contributed by atoms with Gasteiger partial charge in [0.15, 0.2) is 5.82 Å². The van der Waals surface area contributed by atoms with Gasteiger partial charge in [-0.05, 0) is 25.1 Å². The zero-order chi connectivity index (χ0) is 11.7. The van der Waals surface area contributed by atoms with E-state index in [0.717, 1.165) is 0 Å². The van der Waals surface area contributed by atoms with E-state index in [-0.39, 0.29) is 21.6 Å². The Balaban J connectivity index is 2.67. The second-order valence-electron chi connectivity index (χ2n) is 3.25. The molecule has 2 rings (SSSR count). The van der Waals surface area contributed by atoms with Crippen molar-refractivity contribution in [3.05, 3.63) is 46.0 Å². The molecule has 0 spiro atoms. The maximum atomic E-state index is 13.6. The molecule has 0 saturated heterocycles. The first-order valence-electron chi connectivity index (χ1n) is 4.53. The van der Waals surface area contributed by atoms with Crippen molar-refractivity contribution in [3.63, 3.8) is 0 Å². The van der Waals surface area contributed by atoms with E-state index in [4.69, 9.17) is 23.2 Å². The fourth-order valence-electron chi connectivity index (χ4n) is 1.35. The van der Waals surface area contributed by atoms with Gasteiger partial charge in [0, 0.05) is 5.69 Å². The van der Waals surface area contributed by atoms with E-state index in [1.807, 2.05) is 0 Å². The van der Waals surface area contributed by atoms with Gasteiger partial charge >= 0.3 is 0 Å². The Hall–Kier alpha value is -1.19. The van der Waals surface area contributed by atoms with Crippen molar-refractivity contribution in [2.24, 2.45) is 0 Å². The predicted octanol–water partition coefficient (Wildman–Crippen LogP) is 3.90. The fourth-order valence-corrected chi connectivity index (χ4v) is 1.84. The molecule has 0 saturated carbocycles. The second-order valence-corrected chi connectivity index (χ2v) is 4.05. The van der Waals surface area contributed by atoms with Crippen LogP contribution in [0.4, 0.5) is 4.39 Å². The van der Waals surface area contributed by atoms with Crippen molar-refractivity contribution in [1.29, 1.82) is 0 Å². The highest BCUT2D eigenvalue weighted by molar-refractivity contribution is 6.33. The lowest BCUT2D eigenvalue weighted by molar-refractivity contribution is 0.630. The van der Waals surface area contributed by atoms with Crippen molar-refractivity contribution in [2.45, 2.75) is 6.92 Å². The molecule has 0 aliphatic rings. The van der Waals surface area contributed by atoms with E-state index in [9.17, 15) is 4.39 Å². The molecular weight excluding hydrogens is 250 g/mol. The molecule has 5 heteroatoms. The molecule has 82 valence electrons. The number of hydrogen-bond acceptors (Lipinski definition) is 2. The topological polar surface area (TPSA) is 25.8 Å². The van der Waals surface area contributed by atoms with Gasteiger partial charge in [-0.1, -0.05) is 29.3 Å². The third-order valence-electron chi connectivity index (χ3n) is 2.01. The maximum Gasteiger partial charge on any atom is 0.165 e. The Morgan fingerprint density at radius 3 is 2.56 bits per heavy atom. The van der Waals surface area contributed by atoms with Crippen LogP contribution in [0.1, 0.15) is 5.69 Å². The molecule has 1 heterocycles. The van der Waals surface area contributed by atoms with Crippen molar-refractivity contribution >= 4 is 23.2 Å². The summed E-state index contributed by atoms with van der Waals surface area (Å²) in [6.07, 6.45) is 0. The number of aryl methyl sites for hydroxylation is 1. The summed E-state index contributed by atoms with van der Waals surface area (Å²) in [6, 6.07) is 6.01. The first-order valence-corrected chi connectivity index (χ1v) is 5.29. The maximum absolute atomic E-state index is 13.6.